The normalized spacial score (nSPS) is 9.88. The largest absolute Gasteiger partial charge is 0.368 e. The van der Waals surface area contributed by atoms with Crippen molar-refractivity contribution in [3.63, 3.8) is 0 Å². The van der Waals surface area contributed by atoms with Gasteiger partial charge in [-0.15, -0.1) is 0 Å². The zero-order valence-electron chi connectivity index (χ0n) is 8.38. The van der Waals surface area contributed by atoms with Crippen LogP contribution >= 0.6 is 11.6 Å². The molecule has 0 aliphatic carbocycles. The maximum Gasteiger partial charge on any atom is 0.276 e. The Morgan fingerprint density at radius 2 is 2.31 bits per heavy atom. The van der Waals surface area contributed by atoms with Crippen molar-refractivity contribution in [2.24, 2.45) is 5.73 Å². The minimum Gasteiger partial charge on any atom is -0.368 e. The molecule has 2 N–H and O–H groups in total. The van der Waals surface area contributed by atoms with Crippen LogP contribution in [0, 0.1) is 10.1 Å². The van der Waals surface area contributed by atoms with Crippen molar-refractivity contribution in [2.75, 3.05) is 18.5 Å². The third-order valence-electron chi connectivity index (χ3n) is 1.76. The quantitative estimate of drug-likeness (QED) is 0.474. The first kappa shape index (κ1) is 12.2. The van der Waals surface area contributed by atoms with E-state index in [-0.39, 0.29) is 23.2 Å². The molecule has 1 heterocycles. The molecule has 0 atom stereocenters. The molecule has 1 amide bonds. The molecular weight excluding hydrogens is 236 g/mol. The predicted molar refractivity (Wildman–Crippen MR) is 58.4 cm³/mol. The van der Waals surface area contributed by atoms with E-state index < -0.39 is 10.8 Å². The highest BCUT2D eigenvalue weighted by Crippen LogP contribution is 2.22. The lowest BCUT2D eigenvalue weighted by molar-refractivity contribution is -0.384. The first-order chi connectivity index (χ1) is 7.40. The monoisotopic (exact) mass is 244 g/mol. The topological polar surface area (TPSA) is 102 Å². The van der Waals surface area contributed by atoms with Gasteiger partial charge in [-0.2, -0.15) is 0 Å². The van der Waals surface area contributed by atoms with Crippen LogP contribution in [0.2, 0.25) is 5.15 Å². The fraction of sp³-hybridized carbons (Fsp3) is 0.250. The number of rotatable bonds is 4. The van der Waals surface area contributed by atoms with Crippen LogP contribution in [0.3, 0.4) is 0 Å². The molecular formula is C8H9ClN4O3. The molecule has 1 rings (SSSR count). The number of carbonyl (C=O) groups excluding carboxylic acids is 1. The highest BCUT2D eigenvalue weighted by molar-refractivity contribution is 6.29. The molecule has 1 aromatic rings. The van der Waals surface area contributed by atoms with Gasteiger partial charge in [-0.1, -0.05) is 11.6 Å². The summed E-state index contributed by atoms with van der Waals surface area (Å²) in [5, 5.41) is 10.5. The van der Waals surface area contributed by atoms with Gasteiger partial charge in [0.15, 0.2) is 0 Å². The Balaban J connectivity index is 3.04. The number of likely N-dealkylation sites (N-methyl/N-ethyl adjacent to an activating group) is 1. The fourth-order valence-electron chi connectivity index (χ4n) is 1.09. The summed E-state index contributed by atoms with van der Waals surface area (Å²) in [5.41, 5.74) is 4.80. The molecule has 0 bridgehead atoms. The number of hydrogen-bond donors (Lipinski definition) is 1. The molecule has 0 saturated carbocycles. The highest BCUT2D eigenvalue weighted by Gasteiger charge is 2.13. The Kier molecular flexibility index (Phi) is 3.62. The molecule has 0 unspecified atom stereocenters. The lowest BCUT2D eigenvalue weighted by Gasteiger charge is -2.15. The Hall–Kier alpha value is -1.89. The molecule has 0 saturated heterocycles. The standard InChI is InChI=1S/C8H9ClN4O3/c1-12(4-7(10)14)8-3-5(13(15)16)2-6(9)11-8/h2-3H,4H2,1H3,(H2,10,14). The number of primary amides is 1. The van der Waals surface area contributed by atoms with Crippen LogP contribution in [0.4, 0.5) is 11.5 Å². The van der Waals surface area contributed by atoms with Gasteiger partial charge in [-0.25, -0.2) is 4.98 Å². The minimum atomic E-state index is -0.588. The van der Waals surface area contributed by atoms with Crippen molar-refractivity contribution in [3.8, 4) is 0 Å². The average Bonchev–Trinajstić information content (AvgIpc) is 2.15. The van der Waals surface area contributed by atoms with Gasteiger partial charge in [0.05, 0.1) is 23.6 Å². The maximum absolute atomic E-state index is 10.7. The van der Waals surface area contributed by atoms with E-state index in [4.69, 9.17) is 17.3 Å². The van der Waals surface area contributed by atoms with Gasteiger partial charge in [-0.05, 0) is 0 Å². The summed E-state index contributed by atoms with van der Waals surface area (Å²) >= 11 is 5.62. The Morgan fingerprint density at radius 1 is 1.69 bits per heavy atom. The number of aromatic nitrogens is 1. The van der Waals surface area contributed by atoms with Crippen molar-refractivity contribution in [2.45, 2.75) is 0 Å². The molecule has 0 aliphatic rings. The van der Waals surface area contributed by atoms with Gasteiger partial charge in [0.2, 0.25) is 5.91 Å². The van der Waals surface area contributed by atoms with Gasteiger partial charge in [0.1, 0.15) is 11.0 Å². The maximum atomic E-state index is 10.7. The number of anilines is 1. The fourth-order valence-corrected chi connectivity index (χ4v) is 1.28. The molecule has 0 aromatic carbocycles. The molecule has 1 aromatic heterocycles. The molecule has 7 nitrogen and oxygen atoms in total. The van der Waals surface area contributed by atoms with Crippen LogP contribution in [0.15, 0.2) is 12.1 Å². The number of hydrogen-bond acceptors (Lipinski definition) is 5. The van der Waals surface area contributed by atoms with Gasteiger partial charge in [0, 0.05) is 7.05 Å². The second-order valence-corrected chi connectivity index (χ2v) is 3.47. The minimum absolute atomic E-state index is 0.0134. The van der Waals surface area contributed by atoms with Crippen molar-refractivity contribution < 1.29 is 9.72 Å². The van der Waals surface area contributed by atoms with Gasteiger partial charge in [0.25, 0.3) is 5.69 Å². The number of halogens is 1. The average molecular weight is 245 g/mol. The molecule has 0 spiro atoms. The number of amides is 1. The van der Waals surface area contributed by atoms with Gasteiger partial charge >= 0.3 is 0 Å². The lowest BCUT2D eigenvalue weighted by atomic mass is 10.3. The van der Waals surface area contributed by atoms with E-state index in [9.17, 15) is 14.9 Å². The van der Waals surface area contributed by atoms with E-state index in [1.807, 2.05) is 0 Å². The smallest absolute Gasteiger partial charge is 0.276 e. The molecule has 86 valence electrons. The first-order valence-electron chi connectivity index (χ1n) is 4.21. The van der Waals surface area contributed by atoms with E-state index in [0.29, 0.717) is 0 Å². The second-order valence-electron chi connectivity index (χ2n) is 3.09. The summed E-state index contributed by atoms with van der Waals surface area (Å²) in [6.45, 7) is -0.0928. The van der Waals surface area contributed by atoms with Crippen LogP contribution in [0.5, 0.6) is 0 Å². The summed E-state index contributed by atoms with van der Waals surface area (Å²) in [7, 11) is 1.53. The third-order valence-corrected chi connectivity index (χ3v) is 1.95. The van der Waals surface area contributed by atoms with Crippen LogP contribution in [0.25, 0.3) is 0 Å². The molecule has 0 aliphatic heterocycles. The van der Waals surface area contributed by atoms with Gasteiger partial charge in [-0.3, -0.25) is 14.9 Å². The van der Waals surface area contributed by atoms with E-state index in [2.05, 4.69) is 4.98 Å². The molecule has 8 heteroatoms. The third kappa shape index (κ3) is 3.06. The van der Waals surface area contributed by atoms with Crippen LogP contribution in [0.1, 0.15) is 0 Å². The van der Waals surface area contributed by atoms with E-state index in [1.54, 1.807) is 0 Å². The van der Waals surface area contributed by atoms with Crippen LogP contribution in [-0.4, -0.2) is 29.4 Å². The number of carbonyl (C=O) groups is 1. The summed E-state index contributed by atoms with van der Waals surface area (Å²) < 4.78 is 0. The second kappa shape index (κ2) is 4.75. The molecule has 16 heavy (non-hydrogen) atoms. The summed E-state index contributed by atoms with van der Waals surface area (Å²) in [6.07, 6.45) is 0. The van der Waals surface area contributed by atoms with Crippen LogP contribution < -0.4 is 10.6 Å². The summed E-state index contributed by atoms with van der Waals surface area (Å²) in [4.78, 5) is 25.9. The SMILES string of the molecule is CN(CC(N)=O)c1cc([N+](=O)[O-])cc(Cl)n1. The number of nitrogens with zero attached hydrogens (tertiary/aromatic N) is 3. The predicted octanol–water partition coefficient (Wildman–Crippen LogP) is 0.565. The van der Waals surface area contributed by atoms with Crippen molar-refractivity contribution >= 4 is 29.0 Å². The van der Waals surface area contributed by atoms with Crippen molar-refractivity contribution in [3.05, 3.63) is 27.4 Å². The van der Waals surface area contributed by atoms with E-state index in [0.717, 1.165) is 6.07 Å². The van der Waals surface area contributed by atoms with Crippen molar-refractivity contribution in [1.82, 2.24) is 4.98 Å². The zero-order valence-corrected chi connectivity index (χ0v) is 9.14. The van der Waals surface area contributed by atoms with E-state index >= 15 is 0 Å². The molecule has 0 fully saturated rings. The summed E-state index contributed by atoms with van der Waals surface area (Å²) in [5.74, 6) is -0.343. The number of nitrogens with two attached hydrogens (primary N) is 1. The summed E-state index contributed by atoms with van der Waals surface area (Å²) in [6, 6.07) is 2.35. The van der Waals surface area contributed by atoms with Crippen molar-refractivity contribution in [1.29, 1.82) is 0 Å². The van der Waals surface area contributed by atoms with Gasteiger partial charge < -0.3 is 10.6 Å². The lowest BCUT2D eigenvalue weighted by Crippen LogP contribution is -2.31. The van der Waals surface area contributed by atoms with Crippen LogP contribution in [-0.2, 0) is 4.79 Å². The Morgan fingerprint density at radius 3 is 2.81 bits per heavy atom. The number of pyridine rings is 1. The highest BCUT2D eigenvalue weighted by atomic mass is 35.5. The zero-order chi connectivity index (χ0) is 12.3. The molecule has 0 radical (unpaired) electrons. The Labute approximate surface area is 96.0 Å². The Bertz CT molecular complexity index is 437. The first-order valence-corrected chi connectivity index (χ1v) is 4.59. The number of nitro groups is 1. The van der Waals surface area contributed by atoms with E-state index in [1.165, 1.54) is 18.0 Å².